The van der Waals surface area contributed by atoms with Crippen LogP contribution >= 0.6 is 0 Å². The third kappa shape index (κ3) is 5.38. The number of para-hydroxylation sites is 1. The monoisotopic (exact) mass is 487 g/mol. The van der Waals surface area contributed by atoms with Crippen molar-refractivity contribution in [3.8, 4) is 11.5 Å². The second-order valence-electron chi connectivity index (χ2n) is 7.03. The fourth-order valence-electron chi connectivity index (χ4n) is 3.21. The van der Waals surface area contributed by atoms with Crippen LogP contribution in [0.2, 0.25) is 0 Å². The van der Waals surface area contributed by atoms with Crippen molar-refractivity contribution >= 4 is 27.3 Å². The Bertz CT molecular complexity index is 1310. The van der Waals surface area contributed by atoms with Gasteiger partial charge in [0.2, 0.25) is 10.0 Å². The van der Waals surface area contributed by atoms with Gasteiger partial charge in [-0.15, -0.1) is 0 Å². The van der Waals surface area contributed by atoms with E-state index in [1.54, 1.807) is 13.8 Å². The first-order chi connectivity index (χ1) is 16.2. The molecule has 1 N–H and O–H groups in total. The number of anilines is 1. The zero-order chi connectivity index (χ0) is 24.9. The highest BCUT2D eigenvalue weighted by Crippen LogP contribution is 2.33. The van der Waals surface area contributed by atoms with E-state index in [-0.39, 0.29) is 40.7 Å². The number of ether oxygens (including phenoxy) is 1. The lowest BCUT2D eigenvalue weighted by atomic mass is 10.1. The molecular formula is C23H22FN3O6S. The van der Waals surface area contributed by atoms with Crippen LogP contribution in [0.25, 0.3) is 0 Å². The molecule has 0 unspecified atom stereocenters. The Kier molecular flexibility index (Phi) is 7.59. The number of nitrogens with one attached hydrogen (secondary N) is 1. The van der Waals surface area contributed by atoms with Crippen LogP contribution in [0.4, 0.5) is 15.8 Å². The van der Waals surface area contributed by atoms with Gasteiger partial charge in [0.15, 0.2) is 5.75 Å². The topological polar surface area (TPSA) is 119 Å². The van der Waals surface area contributed by atoms with Crippen LogP contribution in [0.5, 0.6) is 11.5 Å². The van der Waals surface area contributed by atoms with Crippen molar-refractivity contribution in [2.45, 2.75) is 18.7 Å². The van der Waals surface area contributed by atoms with Gasteiger partial charge in [-0.3, -0.25) is 14.9 Å². The quantitative estimate of drug-likeness (QED) is 0.342. The number of nitrogens with zero attached hydrogens (tertiary/aromatic N) is 2. The number of hydrogen-bond acceptors (Lipinski definition) is 6. The number of amides is 1. The maximum absolute atomic E-state index is 13.3. The molecule has 3 rings (SSSR count). The van der Waals surface area contributed by atoms with E-state index in [1.165, 1.54) is 71.0 Å². The van der Waals surface area contributed by atoms with Crippen LogP contribution < -0.4 is 10.1 Å². The molecule has 178 valence electrons. The Labute approximate surface area is 196 Å². The zero-order valence-corrected chi connectivity index (χ0v) is 19.2. The molecule has 0 fully saturated rings. The van der Waals surface area contributed by atoms with Crippen LogP contribution in [-0.2, 0) is 10.0 Å². The Morgan fingerprint density at radius 3 is 2.32 bits per heavy atom. The van der Waals surface area contributed by atoms with Gasteiger partial charge >= 0.3 is 0 Å². The summed E-state index contributed by atoms with van der Waals surface area (Å²) in [5.41, 5.74) is -0.647. The first-order valence-electron chi connectivity index (χ1n) is 10.3. The second kappa shape index (κ2) is 10.4. The molecule has 11 heteroatoms. The van der Waals surface area contributed by atoms with Gasteiger partial charge in [0.25, 0.3) is 11.6 Å². The molecule has 3 aromatic rings. The fourth-order valence-corrected chi connectivity index (χ4v) is 4.70. The predicted molar refractivity (Wildman–Crippen MR) is 124 cm³/mol. The van der Waals surface area contributed by atoms with E-state index in [0.717, 1.165) is 0 Å². The van der Waals surface area contributed by atoms with Gasteiger partial charge < -0.3 is 10.1 Å². The van der Waals surface area contributed by atoms with Crippen LogP contribution in [0.3, 0.4) is 0 Å². The highest BCUT2D eigenvalue weighted by Gasteiger charge is 2.25. The second-order valence-corrected chi connectivity index (χ2v) is 8.97. The van der Waals surface area contributed by atoms with Gasteiger partial charge in [0.05, 0.1) is 15.5 Å². The van der Waals surface area contributed by atoms with Crippen molar-refractivity contribution in [1.82, 2.24) is 4.31 Å². The summed E-state index contributed by atoms with van der Waals surface area (Å²) in [6, 6.07) is 14.4. The summed E-state index contributed by atoms with van der Waals surface area (Å²) in [4.78, 5) is 23.5. The third-order valence-corrected chi connectivity index (χ3v) is 6.98. The molecule has 34 heavy (non-hydrogen) atoms. The number of rotatable bonds is 9. The van der Waals surface area contributed by atoms with Crippen LogP contribution in [0.1, 0.15) is 24.2 Å². The number of nitro groups is 1. The van der Waals surface area contributed by atoms with Gasteiger partial charge in [-0.2, -0.15) is 4.31 Å². The average molecular weight is 488 g/mol. The highest BCUT2D eigenvalue weighted by molar-refractivity contribution is 7.89. The number of carbonyl (C=O) groups excluding carboxylic acids is 1. The van der Waals surface area contributed by atoms with Gasteiger partial charge in [-0.1, -0.05) is 26.0 Å². The molecule has 0 aromatic heterocycles. The Hall–Kier alpha value is -3.83. The maximum atomic E-state index is 13.3. The Morgan fingerprint density at radius 1 is 1.06 bits per heavy atom. The van der Waals surface area contributed by atoms with Gasteiger partial charge in [-0.25, -0.2) is 12.8 Å². The lowest BCUT2D eigenvalue weighted by Gasteiger charge is -2.20. The van der Waals surface area contributed by atoms with E-state index in [1.807, 2.05) is 0 Å². The van der Waals surface area contributed by atoms with E-state index >= 15 is 0 Å². The molecule has 0 heterocycles. The number of hydrogen-bond donors (Lipinski definition) is 1. The fraction of sp³-hybridized carbons (Fsp3) is 0.174. The zero-order valence-electron chi connectivity index (χ0n) is 18.4. The minimum absolute atomic E-state index is 0.0271. The average Bonchev–Trinajstić information content (AvgIpc) is 2.82. The van der Waals surface area contributed by atoms with Gasteiger partial charge in [0.1, 0.15) is 17.1 Å². The summed E-state index contributed by atoms with van der Waals surface area (Å²) in [7, 11) is -3.87. The smallest absolute Gasteiger partial charge is 0.282 e. The summed E-state index contributed by atoms with van der Waals surface area (Å²) < 4.78 is 46.2. The van der Waals surface area contributed by atoms with Crippen LogP contribution in [-0.4, -0.2) is 36.6 Å². The van der Waals surface area contributed by atoms with Crippen molar-refractivity contribution in [2.24, 2.45) is 0 Å². The largest absolute Gasteiger partial charge is 0.455 e. The Morgan fingerprint density at radius 2 is 1.71 bits per heavy atom. The molecule has 0 spiro atoms. The van der Waals surface area contributed by atoms with Crippen molar-refractivity contribution < 1.29 is 27.3 Å². The molecule has 0 saturated heterocycles. The number of carbonyl (C=O) groups is 1. The summed E-state index contributed by atoms with van der Waals surface area (Å²) in [5, 5.41) is 13.8. The van der Waals surface area contributed by atoms with Gasteiger partial charge in [-0.05, 0) is 48.5 Å². The molecule has 0 bridgehead atoms. The molecular weight excluding hydrogens is 465 g/mol. The normalized spacial score (nSPS) is 11.3. The van der Waals surface area contributed by atoms with E-state index in [0.29, 0.717) is 0 Å². The predicted octanol–water partition coefficient (Wildman–Crippen LogP) is 4.81. The lowest BCUT2D eigenvalue weighted by Crippen LogP contribution is -2.30. The van der Waals surface area contributed by atoms with Crippen molar-refractivity contribution in [1.29, 1.82) is 0 Å². The van der Waals surface area contributed by atoms with Crippen LogP contribution in [0.15, 0.2) is 71.6 Å². The van der Waals surface area contributed by atoms with E-state index in [4.69, 9.17) is 4.74 Å². The highest BCUT2D eigenvalue weighted by atomic mass is 32.2. The standard InChI is InChI=1S/C23H22FN3O6S/c1-3-26(4-2)34(31,32)18-13-14-22(33-17-11-9-16(24)10-12-17)20(15-18)25-23(28)19-7-5-6-8-21(19)27(29)30/h5-15H,3-4H2,1-2H3,(H,25,28). The minimum Gasteiger partial charge on any atom is -0.455 e. The molecule has 0 aliphatic heterocycles. The molecule has 1 amide bonds. The summed E-state index contributed by atoms with van der Waals surface area (Å²) in [5.74, 6) is -0.995. The molecule has 3 aromatic carbocycles. The lowest BCUT2D eigenvalue weighted by molar-refractivity contribution is -0.385. The molecule has 9 nitrogen and oxygen atoms in total. The van der Waals surface area contributed by atoms with Crippen molar-refractivity contribution in [3.63, 3.8) is 0 Å². The number of halogens is 1. The summed E-state index contributed by atoms with van der Waals surface area (Å²) >= 11 is 0. The minimum atomic E-state index is -3.87. The van der Waals surface area contributed by atoms with Crippen molar-refractivity contribution in [3.05, 3.63) is 88.2 Å². The summed E-state index contributed by atoms with van der Waals surface area (Å²) in [6.07, 6.45) is 0. The molecule has 0 aliphatic carbocycles. The third-order valence-electron chi connectivity index (χ3n) is 4.93. The van der Waals surface area contributed by atoms with E-state index in [9.17, 15) is 27.7 Å². The number of nitro benzene ring substituents is 1. The van der Waals surface area contributed by atoms with Crippen LogP contribution in [0, 0.1) is 15.9 Å². The molecule has 0 atom stereocenters. The summed E-state index contributed by atoms with van der Waals surface area (Å²) in [6.45, 7) is 3.88. The van der Waals surface area contributed by atoms with E-state index in [2.05, 4.69) is 5.32 Å². The number of benzene rings is 3. The molecule has 0 aliphatic rings. The Balaban J connectivity index is 2.06. The molecule has 0 radical (unpaired) electrons. The molecule has 0 saturated carbocycles. The number of sulfonamides is 1. The van der Waals surface area contributed by atoms with E-state index < -0.39 is 32.4 Å². The van der Waals surface area contributed by atoms with Gasteiger partial charge in [0, 0.05) is 19.2 Å². The maximum Gasteiger partial charge on any atom is 0.282 e. The first kappa shape index (κ1) is 24.8. The first-order valence-corrected chi connectivity index (χ1v) is 11.7. The van der Waals surface area contributed by atoms with Crippen molar-refractivity contribution in [2.75, 3.05) is 18.4 Å². The SMILES string of the molecule is CCN(CC)S(=O)(=O)c1ccc(Oc2ccc(F)cc2)c(NC(=O)c2ccccc2[N+](=O)[O-])c1.